The van der Waals surface area contributed by atoms with E-state index in [4.69, 9.17) is 4.74 Å². The average molecular weight is 271 g/mol. The predicted octanol–water partition coefficient (Wildman–Crippen LogP) is 3.21. The Morgan fingerprint density at radius 2 is 1.90 bits per heavy atom. The molecule has 1 aliphatic carbocycles. The number of imide groups is 1. The lowest BCUT2D eigenvalue weighted by Gasteiger charge is -2.18. The summed E-state index contributed by atoms with van der Waals surface area (Å²) in [5, 5.41) is 0. The highest BCUT2D eigenvalue weighted by Gasteiger charge is 2.38. The molecule has 4 heteroatoms. The third-order valence-electron chi connectivity index (χ3n) is 3.87. The molecule has 1 saturated carbocycles. The normalized spacial score (nSPS) is 22.0. The van der Waals surface area contributed by atoms with Gasteiger partial charge in [-0.1, -0.05) is 35.9 Å². The second-order valence-corrected chi connectivity index (χ2v) is 5.22. The van der Waals surface area contributed by atoms with Crippen LogP contribution >= 0.6 is 0 Å². The number of benzene rings is 1. The molecule has 1 aliphatic heterocycles. The van der Waals surface area contributed by atoms with Crippen molar-refractivity contribution in [3.63, 3.8) is 0 Å². The summed E-state index contributed by atoms with van der Waals surface area (Å²) in [5.41, 5.74) is 2.07. The van der Waals surface area contributed by atoms with Crippen LogP contribution in [0, 0.1) is 0 Å². The number of rotatable bonds is 2. The minimum Gasteiger partial charge on any atom is -0.446 e. The van der Waals surface area contributed by atoms with Crippen LogP contribution in [0.25, 0.3) is 0 Å². The smallest absolute Gasteiger partial charge is 0.417 e. The Balaban J connectivity index is 1.83. The summed E-state index contributed by atoms with van der Waals surface area (Å²) in [6, 6.07) is 9.22. The summed E-state index contributed by atoms with van der Waals surface area (Å²) in [6.07, 6.45) is 5.26. The first-order chi connectivity index (χ1) is 9.75. The van der Waals surface area contributed by atoms with Gasteiger partial charge < -0.3 is 4.74 Å². The monoisotopic (exact) mass is 271 g/mol. The molecule has 2 amide bonds. The summed E-state index contributed by atoms with van der Waals surface area (Å²) in [6.45, 7) is 0.234. The third-order valence-corrected chi connectivity index (χ3v) is 3.87. The maximum absolute atomic E-state index is 12.3. The molecule has 0 radical (unpaired) electrons. The van der Waals surface area contributed by atoms with Crippen LogP contribution < -0.4 is 0 Å². The number of carbonyl (C=O) groups excluding carboxylic acids is 2. The van der Waals surface area contributed by atoms with Crippen LogP contribution in [0.2, 0.25) is 0 Å². The maximum atomic E-state index is 12.3. The van der Waals surface area contributed by atoms with Crippen molar-refractivity contribution in [2.45, 2.75) is 31.7 Å². The molecule has 1 atom stereocenters. The van der Waals surface area contributed by atoms with Crippen LogP contribution in [0.15, 0.2) is 42.0 Å². The predicted molar refractivity (Wildman–Crippen MR) is 73.9 cm³/mol. The van der Waals surface area contributed by atoms with Crippen LogP contribution in [-0.4, -0.2) is 23.5 Å². The van der Waals surface area contributed by atoms with Crippen molar-refractivity contribution < 1.29 is 14.3 Å². The van der Waals surface area contributed by atoms with Gasteiger partial charge in [-0.3, -0.25) is 4.79 Å². The maximum Gasteiger partial charge on any atom is 0.417 e. The molecule has 2 aliphatic rings. The van der Waals surface area contributed by atoms with Gasteiger partial charge in [0.25, 0.3) is 5.91 Å². The van der Waals surface area contributed by atoms with Crippen molar-refractivity contribution in [2.75, 3.05) is 6.61 Å². The van der Waals surface area contributed by atoms with Crippen molar-refractivity contribution in [1.29, 1.82) is 0 Å². The van der Waals surface area contributed by atoms with Crippen molar-refractivity contribution in [3.8, 4) is 0 Å². The highest BCUT2D eigenvalue weighted by Crippen LogP contribution is 2.29. The number of ether oxygens (including phenoxy) is 1. The lowest BCUT2D eigenvalue weighted by molar-refractivity contribution is -0.124. The molecule has 3 rings (SSSR count). The van der Waals surface area contributed by atoms with Gasteiger partial charge in [-0.25, -0.2) is 9.69 Å². The second-order valence-electron chi connectivity index (χ2n) is 5.22. The Kier molecular flexibility index (Phi) is 3.54. The van der Waals surface area contributed by atoms with Crippen LogP contribution in [-0.2, 0) is 9.53 Å². The zero-order chi connectivity index (χ0) is 13.9. The Hall–Kier alpha value is -2.10. The van der Waals surface area contributed by atoms with Gasteiger partial charge in [0.2, 0.25) is 0 Å². The fraction of sp³-hybridized carbons (Fsp3) is 0.375. The van der Waals surface area contributed by atoms with Crippen LogP contribution in [0.3, 0.4) is 0 Å². The first-order valence-corrected chi connectivity index (χ1v) is 7.00. The van der Waals surface area contributed by atoms with E-state index in [1.807, 2.05) is 30.3 Å². The first kappa shape index (κ1) is 12.9. The Bertz CT molecular complexity index is 542. The number of allylic oxidation sites excluding steroid dienone is 1. The minimum absolute atomic E-state index is 0.234. The molecule has 4 nitrogen and oxygen atoms in total. The molecule has 0 N–H and O–H groups in total. The molecular weight excluding hydrogens is 254 g/mol. The molecule has 1 aromatic rings. The number of nitrogens with zero attached hydrogens (tertiary/aromatic N) is 1. The van der Waals surface area contributed by atoms with Crippen LogP contribution in [0.4, 0.5) is 4.79 Å². The van der Waals surface area contributed by atoms with Gasteiger partial charge in [0.1, 0.15) is 12.6 Å². The number of hydrogen-bond donors (Lipinski definition) is 0. The minimum atomic E-state index is -0.543. The van der Waals surface area contributed by atoms with E-state index in [1.54, 1.807) is 6.08 Å². The van der Waals surface area contributed by atoms with Gasteiger partial charge in [0, 0.05) is 6.08 Å². The zero-order valence-electron chi connectivity index (χ0n) is 11.2. The van der Waals surface area contributed by atoms with Gasteiger partial charge in [0.15, 0.2) is 0 Å². The van der Waals surface area contributed by atoms with E-state index >= 15 is 0 Å². The molecule has 0 spiro atoms. The van der Waals surface area contributed by atoms with E-state index in [9.17, 15) is 9.59 Å². The van der Waals surface area contributed by atoms with E-state index in [0.717, 1.165) is 36.8 Å². The summed E-state index contributed by atoms with van der Waals surface area (Å²) in [5.74, 6) is -0.252. The molecule has 20 heavy (non-hydrogen) atoms. The van der Waals surface area contributed by atoms with E-state index in [2.05, 4.69) is 0 Å². The quantitative estimate of drug-likeness (QED) is 0.776. The summed E-state index contributed by atoms with van der Waals surface area (Å²) < 4.78 is 5.06. The number of carbonyl (C=O) groups is 2. The fourth-order valence-corrected chi connectivity index (χ4v) is 2.80. The van der Waals surface area contributed by atoms with E-state index < -0.39 is 6.09 Å². The zero-order valence-corrected chi connectivity index (χ0v) is 11.2. The van der Waals surface area contributed by atoms with E-state index in [1.165, 1.54) is 4.90 Å². The number of amides is 2. The SMILES string of the molecule is O=C(C=C1CCCC1)N1C(=O)OC[C@H]1c1ccccc1. The molecule has 104 valence electrons. The van der Waals surface area contributed by atoms with Gasteiger partial charge in [-0.15, -0.1) is 0 Å². The van der Waals surface area contributed by atoms with E-state index in [0.29, 0.717) is 0 Å². The highest BCUT2D eigenvalue weighted by molar-refractivity contribution is 6.00. The molecular formula is C16H17NO3. The number of cyclic esters (lactones) is 1. The Morgan fingerprint density at radius 3 is 2.60 bits per heavy atom. The fourth-order valence-electron chi connectivity index (χ4n) is 2.80. The van der Waals surface area contributed by atoms with E-state index in [-0.39, 0.29) is 18.6 Å². The first-order valence-electron chi connectivity index (χ1n) is 7.00. The summed E-state index contributed by atoms with van der Waals surface area (Å²) in [4.78, 5) is 25.4. The van der Waals surface area contributed by atoms with Crippen molar-refractivity contribution in [1.82, 2.24) is 4.90 Å². The van der Waals surface area contributed by atoms with Gasteiger partial charge in [-0.05, 0) is 31.2 Å². The average Bonchev–Trinajstić information content (AvgIpc) is 3.09. The van der Waals surface area contributed by atoms with Crippen LogP contribution in [0.5, 0.6) is 0 Å². The Labute approximate surface area is 118 Å². The summed E-state index contributed by atoms with van der Waals surface area (Å²) >= 11 is 0. The largest absolute Gasteiger partial charge is 0.446 e. The lowest BCUT2D eigenvalue weighted by atomic mass is 10.1. The molecule has 1 heterocycles. The second kappa shape index (κ2) is 5.49. The topological polar surface area (TPSA) is 46.6 Å². The van der Waals surface area contributed by atoms with Crippen molar-refractivity contribution in [2.24, 2.45) is 0 Å². The molecule has 0 aromatic heterocycles. The number of hydrogen-bond acceptors (Lipinski definition) is 3. The van der Waals surface area contributed by atoms with Crippen molar-refractivity contribution >= 4 is 12.0 Å². The molecule has 0 bridgehead atoms. The molecule has 0 unspecified atom stereocenters. The molecule has 1 aromatic carbocycles. The molecule has 1 saturated heterocycles. The third kappa shape index (κ3) is 2.46. The molecule has 2 fully saturated rings. The van der Waals surface area contributed by atoms with Crippen LogP contribution in [0.1, 0.15) is 37.3 Å². The standard InChI is InChI=1S/C16H17NO3/c18-15(10-12-6-4-5-7-12)17-14(11-20-16(17)19)13-8-2-1-3-9-13/h1-3,8-10,14H,4-7,11H2/t14-/m0/s1. The van der Waals surface area contributed by atoms with Gasteiger partial charge in [0.05, 0.1) is 0 Å². The van der Waals surface area contributed by atoms with Crippen molar-refractivity contribution in [3.05, 3.63) is 47.5 Å². The summed E-state index contributed by atoms with van der Waals surface area (Å²) in [7, 11) is 0. The highest BCUT2D eigenvalue weighted by atomic mass is 16.6. The lowest BCUT2D eigenvalue weighted by Crippen LogP contribution is -2.33. The Morgan fingerprint density at radius 1 is 1.20 bits per heavy atom. The van der Waals surface area contributed by atoms with Gasteiger partial charge in [-0.2, -0.15) is 0 Å². The van der Waals surface area contributed by atoms with Gasteiger partial charge >= 0.3 is 6.09 Å².